The van der Waals surface area contributed by atoms with E-state index in [9.17, 15) is 4.79 Å². The zero-order chi connectivity index (χ0) is 11.4. The highest BCUT2D eigenvalue weighted by Gasteiger charge is 2.27. The molecule has 1 heterocycles. The second kappa shape index (κ2) is 5.64. The van der Waals surface area contributed by atoms with Crippen LogP contribution in [0.5, 0.6) is 0 Å². The maximum absolute atomic E-state index is 11.7. The van der Waals surface area contributed by atoms with Crippen molar-refractivity contribution in [1.29, 1.82) is 0 Å². The van der Waals surface area contributed by atoms with Crippen molar-refractivity contribution in [2.24, 2.45) is 0 Å². The van der Waals surface area contributed by atoms with Gasteiger partial charge in [-0.15, -0.1) is 0 Å². The molecule has 1 saturated heterocycles. The summed E-state index contributed by atoms with van der Waals surface area (Å²) in [5.74, 6) is 0.185. The Morgan fingerprint density at radius 2 is 2.25 bits per heavy atom. The second-order valence-electron chi connectivity index (χ2n) is 4.80. The van der Waals surface area contributed by atoms with E-state index in [2.05, 4.69) is 22.5 Å². The van der Waals surface area contributed by atoms with Gasteiger partial charge in [-0.2, -0.15) is 0 Å². The lowest BCUT2D eigenvalue weighted by molar-refractivity contribution is -0.122. The monoisotopic (exact) mass is 225 g/mol. The van der Waals surface area contributed by atoms with Gasteiger partial charge in [-0.05, 0) is 38.8 Å². The van der Waals surface area contributed by atoms with Crippen molar-refractivity contribution in [2.45, 2.75) is 44.7 Å². The standard InChI is InChI=1S/C12H23N3O/c1-2-15(10-5-6-10)9-8-14-12(16)11-4-3-7-13-11/h10-11,13H,2-9H2,1H3,(H,14,16)/t11-/m1/s1. The fourth-order valence-electron chi connectivity index (χ4n) is 2.39. The number of likely N-dealkylation sites (N-methyl/N-ethyl adjacent to an activating group) is 1. The Hall–Kier alpha value is -0.610. The van der Waals surface area contributed by atoms with Crippen LogP contribution < -0.4 is 10.6 Å². The molecule has 2 N–H and O–H groups in total. The maximum Gasteiger partial charge on any atom is 0.237 e. The van der Waals surface area contributed by atoms with Gasteiger partial charge in [-0.3, -0.25) is 9.69 Å². The molecule has 0 spiro atoms. The predicted molar refractivity (Wildman–Crippen MR) is 64.3 cm³/mol. The van der Waals surface area contributed by atoms with Gasteiger partial charge in [0.1, 0.15) is 0 Å². The van der Waals surface area contributed by atoms with Crippen LogP contribution in [0.25, 0.3) is 0 Å². The van der Waals surface area contributed by atoms with Crippen LogP contribution in [0.2, 0.25) is 0 Å². The molecule has 1 saturated carbocycles. The number of nitrogens with zero attached hydrogens (tertiary/aromatic N) is 1. The molecule has 4 nitrogen and oxygen atoms in total. The molecular formula is C12H23N3O. The first-order valence-electron chi connectivity index (χ1n) is 6.56. The average Bonchev–Trinajstić information content (AvgIpc) is 2.97. The van der Waals surface area contributed by atoms with Gasteiger partial charge in [0.2, 0.25) is 5.91 Å². The lowest BCUT2D eigenvalue weighted by atomic mass is 10.2. The Kier molecular flexibility index (Phi) is 4.18. The summed E-state index contributed by atoms with van der Waals surface area (Å²) in [7, 11) is 0. The predicted octanol–water partition coefficient (Wildman–Crippen LogP) is 0.339. The summed E-state index contributed by atoms with van der Waals surface area (Å²) >= 11 is 0. The van der Waals surface area contributed by atoms with Crippen LogP contribution in [0.15, 0.2) is 0 Å². The number of rotatable bonds is 6. The highest BCUT2D eigenvalue weighted by molar-refractivity contribution is 5.81. The van der Waals surface area contributed by atoms with Gasteiger partial charge in [0.25, 0.3) is 0 Å². The highest BCUT2D eigenvalue weighted by atomic mass is 16.2. The molecule has 0 aromatic heterocycles. The molecule has 1 atom stereocenters. The van der Waals surface area contributed by atoms with Crippen LogP contribution in [0.4, 0.5) is 0 Å². The lowest BCUT2D eigenvalue weighted by Gasteiger charge is -2.20. The summed E-state index contributed by atoms with van der Waals surface area (Å²) in [5, 5.41) is 6.25. The maximum atomic E-state index is 11.7. The van der Waals surface area contributed by atoms with Crippen LogP contribution >= 0.6 is 0 Å². The number of nitrogens with one attached hydrogen (secondary N) is 2. The molecule has 1 amide bonds. The quantitative estimate of drug-likeness (QED) is 0.685. The van der Waals surface area contributed by atoms with Gasteiger partial charge in [0, 0.05) is 19.1 Å². The normalized spacial score (nSPS) is 25.0. The lowest BCUT2D eigenvalue weighted by Crippen LogP contribution is -2.43. The third kappa shape index (κ3) is 3.19. The summed E-state index contributed by atoms with van der Waals surface area (Å²) < 4.78 is 0. The SMILES string of the molecule is CCN(CCNC(=O)[C@H]1CCCN1)C1CC1. The molecular weight excluding hydrogens is 202 g/mol. The number of carbonyl (C=O) groups excluding carboxylic acids is 1. The van der Waals surface area contributed by atoms with Crippen LogP contribution in [0.3, 0.4) is 0 Å². The van der Waals surface area contributed by atoms with E-state index in [1.807, 2.05) is 0 Å². The molecule has 2 rings (SSSR count). The van der Waals surface area contributed by atoms with Crippen LogP contribution in [-0.4, -0.2) is 49.1 Å². The molecule has 1 aliphatic heterocycles. The van der Waals surface area contributed by atoms with E-state index >= 15 is 0 Å². The zero-order valence-electron chi connectivity index (χ0n) is 10.2. The van der Waals surface area contributed by atoms with Crippen molar-refractivity contribution in [3.8, 4) is 0 Å². The molecule has 16 heavy (non-hydrogen) atoms. The summed E-state index contributed by atoms with van der Waals surface area (Å²) in [6, 6.07) is 0.863. The van der Waals surface area contributed by atoms with Gasteiger partial charge in [-0.1, -0.05) is 6.92 Å². The average molecular weight is 225 g/mol. The van der Waals surface area contributed by atoms with Crippen LogP contribution in [-0.2, 0) is 4.79 Å². The van der Waals surface area contributed by atoms with Crippen molar-refractivity contribution in [3.05, 3.63) is 0 Å². The van der Waals surface area contributed by atoms with Crippen molar-refractivity contribution >= 4 is 5.91 Å². The third-order valence-corrected chi connectivity index (χ3v) is 3.54. The van der Waals surface area contributed by atoms with Gasteiger partial charge in [0.15, 0.2) is 0 Å². The summed E-state index contributed by atoms with van der Waals surface area (Å²) in [6.07, 6.45) is 4.80. The highest BCUT2D eigenvalue weighted by Crippen LogP contribution is 2.25. The number of hydrogen-bond acceptors (Lipinski definition) is 3. The molecule has 2 fully saturated rings. The minimum absolute atomic E-state index is 0.0657. The van der Waals surface area contributed by atoms with E-state index in [1.165, 1.54) is 12.8 Å². The van der Waals surface area contributed by atoms with Crippen molar-refractivity contribution < 1.29 is 4.79 Å². The third-order valence-electron chi connectivity index (χ3n) is 3.54. The minimum atomic E-state index is 0.0657. The van der Waals surface area contributed by atoms with Crippen molar-refractivity contribution in [2.75, 3.05) is 26.2 Å². The number of hydrogen-bond donors (Lipinski definition) is 2. The van der Waals surface area contributed by atoms with Gasteiger partial charge in [0.05, 0.1) is 6.04 Å². The van der Waals surface area contributed by atoms with Crippen LogP contribution in [0, 0.1) is 0 Å². The Morgan fingerprint density at radius 3 is 2.81 bits per heavy atom. The fraction of sp³-hybridized carbons (Fsp3) is 0.917. The Labute approximate surface area is 97.8 Å². The molecule has 2 aliphatic rings. The van der Waals surface area contributed by atoms with Gasteiger partial charge >= 0.3 is 0 Å². The van der Waals surface area contributed by atoms with E-state index in [-0.39, 0.29) is 11.9 Å². The molecule has 0 bridgehead atoms. The van der Waals surface area contributed by atoms with Crippen molar-refractivity contribution in [3.63, 3.8) is 0 Å². The van der Waals surface area contributed by atoms with E-state index in [4.69, 9.17) is 0 Å². The van der Waals surface area contributed by atoms with E-state index in [0.717, 1.165) is 45.1 Å². The first-order valence-corrected chi connectivity index (χ1v) is 6.56. The summed E-state index contributed by atoms with van der Waals surface area (Å²) in [5.41, 5.74) is 0. The Morgan fingerprint density at radius 1 is 1.44 bits per heavy atom. The Bertz CT molecular complexity index is 234. The van der Waals surface area contributed by atoms with Gasteiger partial charge < -0.3 is 10.6 Å². The topological polar surface area (TPSA) is 44.4 Å². The molecule has 0 aromatic rings. The molecule has 0 unspecified atom stereocenters. The molecule has 92 valence electrons. The number of amides is 1. The Balaban J connectivity index is 1.60. The first kappa shape index (κ1) is 11.9. The summed E-state index contributed by atoms with van der Waals surface area (Å²) in [4.78, 5) is 14.2. The van der Waals surface area contributed by atoms with E-state index in [1.54, 1.807) is 0 Å². The second-order valence-corrected chi connectivity index (χ2v) is 4.80. The summed E-state index contributed by atoms with van der Waals surface area (Å²) in [6.45, 7) is 6.07. The smallest absolute Gasteiger partial charge is 0.237 e. The van der Waals surface area contributed by atoms with Crippen molar-refractivity contribution in [1.82, 2.24) is 15.5 Å². The van der Waals surface area contributed by atoms with Crippen LogP contribution in [0.1, 0.15) is 32.6 Å². The van der Waals surface area contributed by atoms with Gasteiger partial charge in [-0.25, -0.2) is 0 Å². The molecule has 0 radical (unpaired) electrons. The molecule has 0 aromatic carbocycles. The first-order chi connectivity index (χ1) is 7.81. The zero-order valence-corrected chi connectivity index (χ0v) is 10.2. The number of carbonyl (C=O) groups is 1. The molecule has 4 heteroatoms. The molecule has 1 aliphatic carbocycles. The van der Waals surface area contributed by atoms with E-state index in [0.29, 0.717) is 0 Å². The van der Waals surface area contributed by atoms with E-state index < -0.39 is 0 Å². The minimum Gasteiger partial charge on any atom is -0.353 e. The largest absolute Gasteiger partial charge is 0.353 e. The fourth-order valence-corrected chi connectivity index (χ4v) is 2.39.